The average molecular weight is 210 g/mol. The molecule has 0 saturated heterocycles. The van der Waals surface area contributed by atoms with Gasteiger partial charge in [-0.2, -0.15) is 0 Å². The monoisotopic (exact) mass is 210 g/mol. The summed E-state index contributed by atoms with van der Waals surface area (Å²) in [5.41, 5.74) is -0.800. The molecule has 0 heterocycles. The minimum absolute atomic E-state index is 0.408. The Bertz CT molecular complexity index is 233. The first-order valence-corrected chi connectivity index (χ1v) is 5.94. The van der Waals surface area contributed by atoms with E-state index in [1.807, 2.05) is 12.2 Å². The Morgan fingerprint density at radius 3 is 2.87 bits per heavy atom. The van der Waals surface area contributed by atoms with Crippen molar-refractivity contribution in [3.8, 4) is 0 Å². The normalized spacial score (nSPS) is 27.7. The summed E-state index contributed by atoms with van der Waals surface area (Å²) in [7, 11) is 0. The third-order valence-corrected chi connectivity index (χ3v) is 2.83. The molecule has 0 aromatic heterocycles. The van der Waals surface area contributed by atoms with Gasteiger partial charge in [0.15, 0.2) is 0 Å². The molecule has 86 valence electrons. The summed E-state index contributed by atoms with van der Waals surface area (Å²) in [6, 6.07) is 0. The highest BCUT2D eigenvalue weighted by Crippen LogP contribution is 2.23. The molecule has 0 amide bonds. The second-order valence-electron chi connectivity index (χ2n) is 4.35. The van der Waals surface area contributed by atoms with Gasteiger partial charge < -0.3 is 10.2 Å². The van der Waals surface area contributed by atoms with Crippen LogP contribution in [-0.2, 0) is 0 Å². The van der Waals surface area contributed by atoms with E-state index in [1.165, 1.54) is 6.42 Å². The van der Waals surface area contributed by atoms with Crippen LogP contribution in [0.3, 0.4) is 0 Å². The molecule has 2 N–H and O–H groups in total. The fourth-order valence-corrected chi connectivity index (χ4v) is 1.80. The summed E-state index contributed by atoms with van der Waals surface area (Å²) in [4.78, 5) is 0. The van der Waals surface area contributed by atoms with Crippen molar-refractivity contribution in [3.05, 3.63) is 24.3 Å². The van der Waals surface area contributed by atoms with Gasteiger partial charge in [-0.25, -0.2) is 0 Å². The topological polar surface area (TPSA) is 40.5 Å². The third-order valence-electron chi connectivity index (χ3n) is 2.83. The number of hydrogen-bond donors (Lipinski definition) is 2. The first-order valence-electron chi connectivity index (χ1n) is 5.94. The van der Waals surface area contributed by atoms with Crippen LogP contribution < -0.4 is 0 Å². The quantitative estimate of drug-likeness (QED) is 0.522. The van der Waals surface area contributed by atoms with Crippen LogP contribution in [0.1, 0.15) is 45.4 Å². The Hall–Kier alpha value is -0.600. The van der Waals surface area contributed by atoms with Gasteiger partial charge in [-0.15, -0.1) is 0 Å². The number of unbranched alkanes of at least 4 members (excludes halogenated alkanes) is 2. The van der Waals surface area contributed by atoms with Gasteiger partial charge in [0.1, 0.15) is 5.60 Å². The largest absolute Gasteiger partial charge is 0.389 e. The van der Waals surface area contributed by atoms with E-state index in [4.69, 9.17) is 0 Å². The van der Waals surface area contributed by atoms with Gasteiger partial charge in [-0.1, -0.05) is 50.5 Å². The van der Waals surface area contributed by atoms with Crippen LogP contribution in [0.4, 0.5) is 0 Å². The fraction of sp³-hybridized carbons (Fsp3) is 0.692. The molecule has 15 heavy (non-hydrogen) atoms. The SMILES string of the molecule is CCCCCC(O)C=CC1(O)C=CCC1. The maximum absolute atomic E-state index is 9.93. The van der Waals surface area contributed by atoms with Crippen LogP contribution in [0.25, 0.3) is 0 Å². The summed E-state index contributed by atoms with van der Waals surface area (Å²) in [5, 5.41) is 19.6. The summed E-state index contributed by atoms with van der Waals surface area (Å²) < 4.78 is 0. The highest BCUT2D eigenvalue weighted by Gasteiger charge is 2.22. The molecule has 2 unspecified atom stereocenters. The molecule has 0 aromatic carbocycles. The number of aliphatic hydroxyl groups is 2. The van der Waals surface area contributed by atoms with Crippen LogP contribution in [-0.4, -0.2) is 21.9 Å². The van der Waals surface area contributed by atoms with Crippen LogP contribution in [0.2, 0.25) is 0 Å². The lowest BCUT2D eigenvalue weighted by Gasteiger charge is -2.15. The van der Waals surface area contributed by atoms with Crippen molar-refractivity contribution >= 4 is 0 Å². The molecular formula is C13H22O2. The van der Waals surface area contributed by atoms with Gasteiger partial charge in [0.05, 0.1) is 6.10 Å². The Morgan fingerprint density at radius 1 is 1.47 bits per heavy atom. The lowest BCUT2D eigenvalue weighted by molar-refractivity contribution is 0.138. The molecule has 1 rings (SSSR count). The first-order chi connectivity index (χ1) is 7.16. The van der Waals surface area contributed by atoms with E-state index in [0.29, 0.717) is 0 Å². The zero-order valence-electron chi connectivity index (χ0n) is 9.52. The second kappa shape index (κ2) is 6.09. The van der Waals surface area contributed by atoms with E-state index in [1.54, 1.807) is 12.2 Å². The second-order valence-corrected chi connectivity index (χ2v) is 4.35. The lowest BCUT2D eigenvalue weighted by Crippen LogP contribution is -2.19. The van der Waals surface area contributed by atoms with Gasteiger partial charge in [0.2, 0.25) is 0 Å². The van der Waals surface area contributed by atoms with E-state index in [2.05, 4.69) is 6.92 Å². The molecule has 2 nitrogen and oxygen atoms in total. The molecule has 1 aliphatic carbocycles. The summed E-state index contributed by atoms with van der Waals surface area (Å²) >= 11 is 0. The maximum atomic E-state index is 9.93. The van der Waals surface area contributed by atoms with Crippen molar-refractivity contribution in [3.63, 3.8) is 0 Å². The van der Waals surface area contributed by atoms with E-state index in [9.17, 15) is 10.2 Å². The molecule has 0 spiro atoms. The molecule has 2 atom stereocenters. The zero-order valence-corrected chi connectivity index (χ0v) is 9.52. The smallest absolute Gasteiger partial charge is 0.101 e. The number of aliphatic hydroxyl groups excluding tert-OH is 1. The molecule has 1 aliphatic rings. The number of allylic oxidation sites excluding steroid dienone is 1. The predicted octanol–water partition coefficient (Wildman–Crippen LogP) is 2.56. The predicted molar refractivity (Wildman–Crippen MR) is 62.6 cm³/mol. The first kappa shape index (κ1) is 12.5. The van der Waals surface area contributed by atoms with Gasteiger partial charge >= 0.3 is 0 Å². The van der Waals surface area contributed by atoms with Crippen LogP contribution in [0, 0.1) is 0 Å². The summed E-state index contributed by atoms with van der Waals surface area (Å²) in [5.74, 6) is 0. The molecule has 0 radical (unpaired) electrons. The van der Waals surface area contributed by atoms with Gasteiger partial charge in [-0.3, -0.25) is 0 Å². The minimum atomic E-state index is -0.800. The van der Waals surface area contributed by atoms with Crippen molar-refractivity contribution in [1.82, 2.24) is 0 Å². The lowest BCUT2D eigenvalue weighted by atomic mass is 10.0. The molecule has 0 bridgehead atoms. The Kier molecular flexibility index (Phi) is 5.06. The highest BCUT2D eigenvalue weighted by atomic mass is 16.3. The van der Waals surface area contributed by atoms with E-state index < -0.39 is 11.7 Å². The molecule has 0 aliphatic heterocycles. The highest BCUT2D eigenvalue weighted by molar-refractivity contribution is 5.19. The van der Waals surface area contributed by atoms with Crippen molar-refractivity contribution in [2.75, 3.05) is 0 Å². The average Bonchev–Trinajstić information content (AvgIpc) is 2.64. The molecule has 0 fully saturated rings. The molecule has 0 saturated carbocycles. The number of rotatable bonds is 6. The standard InChI is InChI=1S/C13H22O2/c1-2-3-4-7-12(14)8-11-13(15)9-5-6-10-13/h5,8-9,11-12,14-15H,2-4,6-7,10H2,1H3. The molecule has 0 aromatic rings. The van der Waals surface area contributed by atoms with E-state index in [-0.39, 0.29) is 0 Å². The van der Waals surface area contributed by atoms with Crippen molar-refractivity contribution in [1.29, 1.82) is 0 Å². The van der Waals surface area contributed by atoms with Crippen molar-refractivity contribution in [2.24, 2.45) is 0 Å². The molecular weight excluding hydrogens is 188 g/mol. The Morgan fingerprint density at radius 2 is 2.27 bits per heavy atom. The van der Waals surface area contributed by atoms with Gasteiger partial charge in [-0.05, 0) is 19.3 Å². The van der Waals surface area contributed by atoms with Crippen LogP contribution in [0.15, 0.2) is 24.3 Å². The number of hydrogen-bond acceptors (Lipinski definition) is 2. The third kappa shape index (κ3) is 4.63. The van der Waals surface area contributed by atoms with Crippen LogP contribution in [0.5, 0.6) is 0 Å². The van der Waals surface area contributed by atoms with E-state index in [0.717, 1.165) is 32.1 Å². The van der Waals surface area contributed by atoms with Crippen molar-refractivity contribution < 1.29 is 10.2 Å². The van der Waals surface area contributed by atoms with Gasteiger partial charge in [0, 0.05) is 0 Å². The summed E-state index contributed by atoms with van der Waals surface area (Å²) in [6.45, 7) is 2.15. The Balaban J connectivity index is 2.27. The minimum Gasteiger partial charge on any atom is -0.389 e. The molecule has 2 heteroatoms. The Labute approximate surface area is 92.3 Å². The maximum Gasteiger partial charge on any atom is 0.101 e. The zero-order chi connectivity index (χ0) is 11.1. The van der Waals surface area contributed by atoms with Crippen molar-refractivity contribution in [2.45, 2.75) is 57.2 Å². The van der Waals surface area contributed by atoms with Crippen LogP contribution >= 0.6 is 0 Å². The fourth-order valence-electron chi connectivity index (χ4n) is 1.80. The van der Waals surface area contributed by atoms with E-state index >= 15 is 0 Å². The summed E-state index contributed by atoms with van der Waals surface area (Å²) in [6.07, 6.45) is 12.7. The van der Waals surface area contributed by atoms with Gasteiger partial charge in [0.25, 0.3) is 0 Å².